The first-order valence-electron chi connectivity index (χ1n) is 10.4. The van der Waals surface area contributed by atoms with Gasteiger partial charge < -0.3 is 4.74 Å². The van der Waals surface area contributed by atoms with Crippen LogP contribution in [0.2, 0.25) is 0 Å². The summed E-state index contributed by atoms with van der Waals surface area (Å²) >= 11 is 0. The lowest BCUT2D eigenvalue weighted by Gasteiger charge is -2.17. The first-order valence-corrected chi connectivity index (χ1v) is 10.4. The normalized spacial score (nSPS) is 13.4. The molecule has 0 spiro atoms. The van der Waals surface area contributed by atoms with Crippen LogP contribution in [0.4, 0.5) is 11.4 Å². The van der Waals surface area contributed by atoms with Gasteiger partial charge in [0.1, 0.15) is 5.56 Å². The number of imide groups is 1. The molecule has 1 unspecified atom stereocenters. The van der Waals surface area contributed by atoms with Gasteiger partial charge in [-0.3, -0.25) is 24.5 Å². The SMILES string of the molecule is CCC(OC(=O)c1cccc(N2C(=O)c3cccc([N+](=O)[O-])c3C2=O)c1)C(=O)c1ccccc1. The molecule has 0 saturated heterocycles. The first kappa shape index (κ1) is 22.5. The van der Waals surface area contributed by atoms with Gasteiger partial charge in [-0.25, -0.2) is 9.69 Å². The molecule has 0 N–H and O–H groups in total. The number of Topliss-reactive ketones (excluding diaryl/α,β-unsaturated/α-hetero) is 1. The fraction of sp³-hybridized carbons (Fsp3) is 0.120. The van der Waals surface area contributed by atoms with E-state index in [2.05, 4.69) is 0 Å². The third-order valence-corrected chi connectivity index (χ3v) is 5.40. The van der Waals surface area contributed by atoms with Crippen LogP contribution in [0, 0.1) is 10.1 Å². The van der Waals surface area contributed by atoms with Crippen molar-refractivity contribution in [3.8, 4) is 0 Å². The molecule has 0 bridgehead atoms. The van der Waals surface area contributed by atoms with Crippen molar-refractivity contribution in [3.05, 3.63) is 105 Å². The lowest BCUT2D eigenvalue weighted by atomic mass is 10.0. The fourth-order valence-electron chi connectivity index (χ4n) is 3.73. The van der Waals surface area contributed by atoms with E-state index in [4.69, 9.17) is 4.74 Å². The molecular formula is C25H18N2O7. The molecule has 0 fully saturated rings. The van der Waals surface area contributed by atoms with Crippen LogP contribution in [0.15, 0.2) is 72.8 Å². The number of hydrogen-bond donors (Lipinski definition) is 0. The third-order valence-electron chi connectivity index (χ3n) is 5.40. The van der Waals surface area contributed by atoms with E-state index < -0.39 is 34.5 Å². The number of ether oxygens (including phenoxy) is 1. The number of esters is 1. The molecule has 34 heavy (non-hydrogen) atoms. The molecule has 4 rings (SSSR count). The van der Waals surface area contributed by atoms with Gasteiger partial charge in [0, 0.05) is 11.6 Å². The number of nitrogens with zero attached hydrogens (tertiary/aromatic N) is 2. The van der Waals surface area contributed by atoms with Crippen molar-refractivity contribution in [1.29, 1.82) is 0 Å². The minimum atomic E-state index is -1.01. The van der Waals surface area contributed by atoms with Gasteiger partial charge in [0.05, 0.1) is 21.7 Å². The van der Waals surface area contributed by atoms with Crippen LogP contribution in [-0.2, 0) is 4.74 Å². The second-order valence-corrected chi connectivity index (χ2v) is 7.49. The van der Waals surface area contributed by atoms with Crippen LogP contribution in [0.1, 0.15) is 54.8 Å². The van der Waals surface area contributed by atoms with Crippen molar-refractivity contribution in [1.82, 2.24) is 0 Å². The Kier molecular flexibility index (Phi) is 6.01. The van der Waals surface area contributed by atoms with Gasteiger partial charge in [0.15, 0.2) is 6.10 Å². The molecule has 0 radical (unpaired) electrons. The summed E-state index contributed by atoms with van der Waals surface area (Å²) < 4.78 is 5.42. The van der Waals surface area contributed by atoms with Crippen LogP contribution in [0.25, 0.3) is 0 Å². The largest absolute Gasteiger partial charge is 0.450 e. The quantitative estimate of drug-likeness (QED) is 0.171. The molecule has 3 aromatic rings. The Morgan fingerprint density at radius 1 is 0.941 bits per heavy atom. The predicted octanol–water partition coefficient (Wildman–Crippen LogP) is 4.21. The number of fused-ring (bicyclic) bond motifs is 1. The lowest BCUT2D eigenvalue weighted by Crippen LogP contribution is -2.30. The zero-order valence-electron chi connectivity index (χ0n) is 18.0. The Morgan fingerprint density at radius 3 is 2.29 bits per heavy atom. The number of hydrogen-bond acceptors (Lipinski definition) is 7. The van der Waals surface area contributed by atoms with Crippen LogP contribution in [0.5, 0.6) is 0 Å². The molecule has 170 valence electrons. The molecule has 2 amide bonds. The van der Waals surface area contributed by atoms with Crippen molar-refractivity contribution >= 4 is 34.9 Å². The summed E-state index contributed by atoms with van der Waals surface area (Å²) in [6.45, 7) is 1.71. The lowest BCUT2D eigenvalue weighted by molar-refractivity contribution is -0.385. The average Bonchev–Trinajstić information content (AvgIpc) is 3.12. The molecule has 0 aliphatic carbocycles. The van der Waals surface area contributed by atoms with Crippen molar-refractivity contribution in [2.75, 3.05) is 4.90 Å². The van der Waals surface area contributed by atoms with Gasteiger partial charge in [-0.1, -0.05) is 49.4 Å². The highest BCUT2D eigenvalue weighted by Gasteiger charge is 2.42. The second kappa shape index (κ2) is 9.07. The highest BCUT2D eigenvalue weighted by molar-refractivity contribution is 6.35. The summed E-state index contributed by atoms with van der Waals surface area (Å²) in [5.74, 6) is -2.75. The summed E-state index contributed by atoms with van der Waals surface area (Å²) in [7, 11) is 0. The van der Waals surface area contributed by atoms with Gasteiger partial charge in [-0.2, -0.15) is 0 Å². The first-order chi connectivity index (χ1) is 16.3. The summed E-state index contributed by atoms with van der Waals surface area (Å²) in [5.41, 5.74) is -0.389. The van der Waals surface area contributed by atoms with Crippen LogP contribution >= 0.6 is 0 Å². The van der Waals surface area contributed by atoms with Gasteiger partial charge in [0.25, 0.3) is 17.5 Å². The summed E-state index contributed by atoms with van der Waals surface area (Å²) in [6, 6.07) is 17.8. The Balaban J connectivity index is 1.60. The van der Waals surface area contributed by atoms with Gasteiger partial charge in [-0.15, -0.1) is 0 Å². The average molecular weight is 458 g/mol. The predicted molar refractivity (Wildman–Crippen MR) is 121 cm³/mol. The summed E-state index contributed by atoms with van der Waals surface area (Å²) in [4.78, 5) is 62.6. The molecule has 1 heterocycles. The Bertz CT molecular complexity index is 1330. The van der Waals surface area contributed by atoms with E-state index in [1.165, 1.54) is 36.4 Å². The standard InChI is InChI=1S/C25H18N2O7/c1-2-20(22(28)15-8-4-3-5-9-15)34-25(31)16-10-6-11-17(14-16)26-23(29)18-12-7-13-19(27(32)33)21(18)24(26)30/h3-14,20H,2H2,1H3. The summed E-state index contributed by atoms with van der Waals surface area (Å²) in [6.07, 6.45) is -0.762. The molecule has 9 nitrogen and oxygen atoms in total. The molecule has 1 aliphatic rings. The number of carbonyl (C=O) groups excluding carboxylic acids is 4. The minimum absolute atomic E-state index is 0.0165. The fourth-order valence-corrected chi connectivity index (χ4v) is 3.73. The highest BCUT2D eigenvalue weighted by atomic mass is 16.6. The van der Waals surface area contributed by atoms with Gasteiger partial charge >= 0.3 is 5.97 Å². The monoisotopic (exact) mass is 458 g/mol. The minimum Gasteiger partial charge on any atom is -0.450 e. The Morgan fingerprint density at radius 2 is 1.62 bits per heavy atom. The number of carbonyl (C=O) groups is 4. The molecule has 0 aromatic heterocycles. The molecule has 1 aliphatic heterocycles. The van der Waals surface area contributed by atoms with Crippen molar-refractivity contribution in [2.45, 2.75) is 19.4 Å². The maximum atomic E-state index is 12.9. The topological polar surface area (TPSA) is 124 Å². The van der Waals surface area contributed by atoms with E-state index in [-0.39, 0.29) is 34.6 Å². The molecule has 0 saturated carbocycles. The zero-order chi connectivity index (χ0) is 24.4. The van der Waals surface area contributed by atoms with Crippen molar-refractivity contribution in [3.63, 3.8) is 0 Å². The van der Waals surface area contributed by atoms with Crippen molar-refractivity contribution in [2.24, 2.45) is 0 Å². The Hall–Kier alpha value is -4.66. The number of nitro groups is 1. The van der Waals surface area contributed by atoms with Gasteiger partial charge in [0.2, 0.25) is 5.78 Å². The van der Waals surface area contributed by atoms with Crippen LogP contribution < -0.4 is 4.90 Å². The number of nitro benzene ring substituents is 1. The third kappa shape index (κ3) is 3.95. The van der Waals surface area contributed by atoms with E-state index in [9.17, 15) is 29.3 Å². The van der Waals surface area contributed by atoms with E-state index in [1.54, 1.807) is 37.3 Å². The molecule has 1 atom stereocenters. The maximum absolute atomic E-state index is 12.9. The molecular weight excluding hydrogens is 440 g/mol. The number of anilines is 1. The summed E-state index contributed by atoms with van der Waals surface area (Å²) in [5, 5.41) is 11.3. The smallest absolute Gasteiger partial charge is 0.338 e. The second-order valence-electron chi connectivity index (χ2n) is 7.49. The van der Waals surface area contributed by atoms with E-state index in [1.807, 2.05) is 0 Å². The highest BCUT2D eigenvalue weighted by Crippen LogP contribution is 2.34. The number of amides is 2. The van der Waals surface area contributed by atoms with Crippen molar-refractivity contribution < 1.29 is 28.8 Å². The van der Waals surface area contributed by atoms with E-state index in [0.29, 0.717) is 5.56 Å². The Labute approximate surface area is 193 Å². The maximum Gasteiger partial charge on any atom is 0.338 e. The number of benzene rings is 3. The van der Waals surface area contributed by atoms with Crippen LogP contribution in [0.3, 0.4) is 0 Å². The number of rotatable bonds is 7. The number of ketones is 1. The van der Waals surface area contributed by atoms with Gasteiger partial charge in [-0.05, 0) is 30.7 Å². The molecule has 9 heteroatoms. The zero-order valence-corrected chi connectivity index (χ0v) is 18.0. The van der Waals surface area contributed by atoms with Crippen LogP contribution in [-0.4, -0.2) is 34.6 Å². The molecule has 3 aromatic carbocycles. The van der Waals surface area contributed by atoms with E-state index in [0.717, 1.165) is 11.0 Å². The van der Waals surface area contributed by atoms with E-state index >= 15 is 0 Å².